The lowest BCUT2D eigenvalue weighted by Gasteiger charge is -2.33. The molecule has 0 amide bonds. The van der Waals surface area contributed by atoms with Crippen LogP contribution < -0.4 is 0 Å². The number of carbonyl (C=O) groups is 1. The summed E-state index contributed by atoms with van der Waals surface area (Å²) in [6, 6.07) is 0.0162. The summed E-state index contributed by atoms with van der Waals surface area (Å²) in [4.78, 5) is 17.9. The number of unbranched alkanes of at least 4 members (excludes halogenated alkanes) is 1. The highest BCUT2D eigenvalue weighted by Gasteiger charge is 2.28. The Morgan fingerprint density at radius 3 is 3.05 bits per heavy atom. The minimum atomic E-state index is -0.122. The molecule has 0 radical (unpaired) electrons. The molecule has 2 heterocycles. The Labute approximate surface area is 124 Å². The van der Waals surface area contributed by atoms with Gasteiger partial charge in [-0.05, 0) is 33.2 Å². The fourth-order valence-electron chi connectivity index (χ4n) is 2.40. The molecule has 7 heteroatoms. The van der Waals surface area contributed by atoms with Gasteiger partial charge in [-0.15, -0.1) is 0 Å². The molecule has 1 aromatic rings. The maximum atomic E-state index is 11.3. The smallest absolute Gasteiger partial charge is 0.305 e. The first-order valence-corrected chi connectivity index (χ1v) is 7.48. The van der Waals surface area contributed by atoms with Crippen molar-refractivity contribution in [1.82, 2.24) is 15.0 Å². The number of rotatable bonds is 7. The summed E-state index contributed by atoms with van der Waals surface area (Å²) < 4.78 is 15.7. The average molecular weight is 297 g/mol. The number of hydrogen-bond donors (Lipinski definition) is 0. The van der Waals surface area contributed by atoms with Gasteiger partial charge < -0.3 is 14.0 Å². The van der Waals surface area contributed by atoms with Crippen molar-refractivity contribution >= 4 is 5.97 Å². The highest BCUT2D eigenvalue weighted by molar-refractivity contribution is 5.69. The first kappa shape index (κ1) is 15.9. The second-order valence-electron chi connectivity index (χ2n) is 5.07. The minimum absolute atomic E-state index is 0.0162. The molecular formula is C14H23N3O4. The quantitative estimate of drug-likeness (QED) is 0.557. The Morgan fingerprint density at radius 2 is 2.33 bits per heavy atom. The Hall–Kier alpha value is -1.47. The van der Waals surface area contributed by atoms with Crippen LogP contribution >= 0.6 is 0 Å². The van der Waals surface area contributed by atoms with Crippen LogP contribution in [0.2, 0.25) is 0 Å². The molecule has 7 nitrogen and oxygen atoms in total. The summed E-state index contributed by atoms with van der Waals surface area (Å²) in [6.07, 6.45) is 2.23. The molecule has 0 unspecified atom stereocenters. The van der Waals surface area contributed by atoms with Crippen LogP contribution in [0.3, 0.4) is 0 Å². The number of aromatic nitrogens is 2. The molecule has 0 bridgehead atoms. The fraction of sp³-hybridized carbons (Fsp3) is 0.786. The number of hydrogen-bond acceptors (Lipinski definition) is 7. The SMILES string of the molecule is CCOC(=O)CCCCN1CCOC[C@H]1c1nc(C)no1. The summed E-state index contributed by atoms with van der Waals surface area (Å²) >= 11 is 0. The van der Waals surface area contributed by atoms with Crippen LogP contribution in [-0.4, -0.2) is 53.9 Å². The van der Waals surface area contributed by atoms with E-state index in [1.807, 2.05) is 6.92 Å². The van der Waals surface area contributed by atoms with Gasteiger partial charge in [0.25, 0.3) is 0 Å². The summed E-state index contributed by atoms with van der Waals surface area (Å²) in [7, 11) is 0. The lowest BCUT2D eigenvalue weighted by molar-refractivity contribution is -0.143. The first-order chi connectivity index (χ1) is 10.2. The van der Waals surface area contributed by atoms with E-state index < -0.39 is 0 Å². The number of ether oxygens (including phenoxy) is 2. The fourth-order valence-corrected chi connectivity index (χ4v) is 2.40. The molecular weight excluding hydrogens is 274 g/mol. The third-order valence-electron chi connectivity index (χ3n) is 3.45. The van der Waals surface area contributed by atoms with Crippen molar-refractivity contribution in [1.29, 1.82) is 0 Å². The van der Waals surface area contributed by atoms with Gasteiger partial charge in [-0.1, -0.05) is 5.16 Å². The molecule has 2 rings (SSSR count). The first-order valence-electron chi connectivity index (χ1n) is 7.48. The minimum Gasteiger partial charge on any atom is -0.466 e. The second-order valence-corrected chi connectivity index (χ2v) is 5.07. The number of carbonyl (C=O) groups excluding carboxylic acids is 1. The zero-order chi connectivity index (χ0) is 15.1. The maximum absolute atomic E-state index is 11.3. The van der Waals surface area contributed by atoms with Gasteiger partial charge >= 0.3 is 5.97 Å². The largest absolute Gasteiger partial charge is 0.466 e. The number of esters is 1. The molecule has 0 saturated carbocycles. The van der Waals surface area contributed by atoms with Crippen molar-refractivity contribution in [2.24, 2.45) is 0 Å². The Bertz CT molecular complexity index is 449. The van der Waals surface area contributed by atoms with E-state index in [4.69, 9.17) is 14.0 Å². The van der Waals surface area contributed by atoms with Crippen LogP contribution in [0.25, 0.3) is 0 Å². The van der Waals surface area contributed by atoms with E-state index in [0.29, 0.717) is 38.0 Å². The van der Waals surface area contributed by atoms with Crippen molar-refractivity contribution in [2.75, 3.05) is 32.9 Å². The normalized spacial score (nSPS) is 19.6. The second kappa shape index (κ2) is 8.09. The van der Waals surface area contributed by atoms with Crippen molar-refractivity contribution < 1.29 is 18.8 Å². The lowest BCUT2D eigenvalue weighted by atomic mass is 10.1. The van der Waals surface area contributed by atoms with Crippen molar-refractivity contribution in [3.8, 4) is 0 Å². The van der Waals surface area contributed by atoms with Gasteiger partial charge in [0, 0.05) is 13.0 Å². The highest BCUT2D eigenvalue weighted by atomic mass is 16.5. The molecule has 118 valence electrons. The van der Waals surface area contributed by atoms with Gasteiger partial charge in [0.15, 0.2) is 5.82 Å². The molecule has 21 heavy (non-hydrogen) atoms. The maximum Gasteiger partial charge on any atom is 0.305 e. The summed E-state index contributed by atoms with van der Waals surface area (Å²) in [5.74, 6) is 1.12. The molecule has 0 aliphatic carbocycles. The predicted octanol–water partition coefficient (Wildman–Crippen LogP) is 1.48. The van der Waals surface area contributed by atoms with Gasteiger partial charge in [0.1, 0.15) is 6.04 Å². The number of nitrogens with zero attached hydrogens (tertiary/aromatic N) is 3. The van der Waals surface area contributed by atoms with E-state index in [0.717, 1.165) is 25.9 Å². The molecule has 1 fully saturated rings. The van der Waals surface area contributed by atoms with Crippen LogP contribution in [0.4, 0.5) is 0 Å². The van der Waals surface area contributed by atoms with Gasteiger partial charge in [-0.25, -0.2) is 0 Å². The van der Waals surface area contributed by atoms with Gasteiger partial charge in [-0.2, -0.15) is 4.98 Å². The molecule has 0 N–H and O–H groups in total. The Morgan fingerprint density at radius 1 is 1.48 bits per heavy atom. The molecule has 0 aromatic carbocycles. The lowest BCUT2D eigenvalue weighted by Crippen LogP contribution is -2.40. The third kappa shape index (κ3) is 4.78. The topological polar surface area (TPSA) is 77.7 Å². The van der Waals surface area contributed by atoms with E-state index in [1.165, 1.54) is 0 Å². The van der Waals surface area contributed by atoms with Gasteiger partial charge in [0.2, 0.25) is 5.89 Å². The van der Waals surface area contributed by atoms with E-state index in [9.17, 15) is 4.79 Å². The number of aryl methyl sites for hydroxylation is 1. The summed E-state index contributed by atoms with van der Waals surface area (Å²) in [5.41, 5.74) is 0. The van der Waals surface area contributed by atoms with Crippen LogP contribution in [0, 0.1) is 6.92 Å². The van der Waals surface area contributed by atoms with Crippen molar-refractivity contribution in [2.45, 2.75) is 39.2 Å². The monoisotopic (exact) mass is 297 g/mol. The predicted molar refractivity (Wildman–Crippen MR) is 74.7 cm³/mol. The van der Waals surface area contributed by atoms with Crippen LogP contribution in [-0.2, 0) is 14.3 Å². The molecule has 1 aliphatic heterocycles. The van der Waals surface area contributed by atoms with Crippen molar-refractivity contribution in [3.63, 3.8) is 0 Å². The van der Waals surface area contributed by atoms with Crippen LogP contribution in [0.15, 0.2) is 4.52 Å². The average Bonchev–Trinajstić information content (AvgIpc) is 2.91. The van der Waals surface area contributed by atoms with Gasteiger partial charge in [0.05, 0.1) is 19.8 Å². The zero-order valence-corrected chi connectivity index (χ0v) is 12.7. The van der Waals surface area contributed by atoms with E-state index >= 15 is 0 Å². The standard InChI is InChI=1S/C14H23N3O4/c1-3-20-13(18)6-4-5-7-17-8-9-19-10-12(17)14-15-11(2)16-21-14/h12H,3-10H2,1-2H3/t12-/m0/s1. The molecule has 1 saturated heterocycles. The summed E-state index contributed by atoms with van der Waals surface area (Å²) in [6.45, 7) is 7.07. The van der Waals surface area contributed by atoms with Crippen molar-refractivity contribution in [3.05, 3.63) is 11.7 Å². The molecule has 1 atom stereocenters. The highest BCUT2D eigenvalue weighted by Crippen LogP contribution is 2.23. The number of morpholine rings is 1. The van der Waals surface area contributed by atoms with Crippen LogP contribution in [0.5, 0.6) is 0 Å². The van der Waals surface area contributed by atoms with E-state index in [1.54, 1.807) is 6.92 Å². The Balaban J connectivity index is 1.78. The van der Waals surface area contributed by atoms with Gasteiger partial charge in [-0.3, -0.25) is 9.69 Å². The molecule has 0 spiro atoms. The Kier molecular flexibility index (Phi) is 6.13. The molecule has 1 aromatic heterocycles. The summed E-state index contributed by atoms with van der Waals surface area (Å²) in [5, 5.41) is 3.84. The van der Waals surface area contributed by atoms with E-state index in [-0.39, 0.29) is 12.0 Å². The molecule has 1 aliphatic rings. The van der Waals surface area contributed by atoms with Crippen LogP contribution in [0.1, 0.15) is 43.9 Å². The van der Waals surface area contributed by atoms with E-state index in [2.05, 4.69) is 15.0 Å². The zero-order valence-electron chi connectivity index (χ0n) is 12.7. The third-order valence-corrected chi connectivity index (χ3v) is 3.45.